The molecule has 0 aliphatic carbocycles. The minimum absolute atomic E-state index is 0.0646. The Morgan fingerprint density at radius 2 is 1.93 bits per heavy atom. The van der Waals surface area contributed by atoms with Gasteiger partial charge in [-0.3, -0.25) is 9.78 Å². The van der Waals surface area contributed by atoms with E-state index in [9.17, 15) is 13.2 Å². The summed E-state index contributed by atoms with van der Waals surface area (Å²) >= 11 is 7.08. The van der Waals surface area contributed by atoms with Crippen molar-refractivity contribution in [1.82, 2.24) is 14.3 Å². The molecule has 146 valence electrons. The van der Waals surface area contributed by atoms with Crippen LogP contribution in [-0.4, -0.2) is 42.2 Å². The van der Waals surface area contributed by atoms with E-state index in [1.165, 1.54) is 42.6 Å². The number of pyridine rings is 1. The molecule has 2 aromatic heterocycles. The van der Waals surface area contributed by atoms with E-state index in [4.69, 9.17) is 11.6 Å². The summed E-state index contributed by atoms with van der Waals surface area (Å²) in [5.74, 6) is -0.485. The second-order valence-corrected chi connectivity index (χ2v) is 9.39. The van der Waals surface area contributed by atoms with Crippen molar-refractivity contribution in [3.8, 4) is 10.6 Å². The van der Waals surface area contributed by atoms with Gasteiger partial charge in [0.1, 0.15) is 0 Å². The molecule has 0 spiro atoms. The summed E-state index contributed by atoms with van der Waals surface area (Å²) in [5, 5.41) is 3.47. The van der Waals surface area contributed by atoms with E-state index in [1.54, 1.807) is 6.20 Å². The van der Waals surface area contributed by atoms with Crippen LogP contribution in [0.3, 0.4) is 0 Å². The molecule has 0 bridgehead atoms. The number of hydrogen-bond donors (Lipinski definition) is 1. The molecule has 1 amide bonds. The first-order chi connectivity index (χ1) is 13.3. The minimum atomic E-state index is -3.80. The fourth-order valence-corrected chi connectivity index (χ4v) is 4.63. The SMILES string of the molecule is Cc1nc(NC(=O)CN(C)S(=O)(=O)c2ccc(Cl)cc2)sc1-c1ccccn1. The second-order valence-electron chi connectivity index (χ2n) is 5.91. The van der Waals surface area contributed by atoms with E-state index in [-0.39, 0.29) is 11.4 Å². The Kier molecular flexibility index (Phi) is 6.09. The van der Waals surface area contributed by atoms with E-state index in [1.807, 2.05) is 25.1 Å². The molecular weight excluding hydrogens is 420 g/mol. The van der Waals surface area contributed by atoms with Crippen LogP contribution in [-0.2, 0) is 14.8 Å². The molecule has 0 unspecified atom stereocenters. The number of anilines is 1. The molecule has 7 nitrogen and oxygen atoms in total. The zero-order chi connectivity index (χ0) is 20.3. The first-order valence-corrected chi connectivity index (χ1v) is 10.8. The highest BCUT2D eigenvalue weighted by molar-refractivity contribution is 7.89. The number of carbonyl (C=O) groups is 1. The van der Waals surface area contributed by atoms with E-state index >= 15 is 0 Å². The van der Waals surface area contributed by atoms with Crippen molar-refractivity contribution < 1.29 is 13.2 Å². The molecule has 1 N–H and O–H groups in total. The molecule has 3 aromatic rings. The molecule has 0 fully saturated rings. The van der Waals surface area contributed by atoms with Crippen LogP contribution in [0.2, 0.25) is 5.02 Å². The van der Waals surface area contributed by atoms with Crippen LogP contribution < -0.4 is 5.32 Å². The van der Waals surface area contributed by atoms with Crippen LogP contribution in [0.15, 0.2) is 53.6 Å². The Bertz CT molecular complexity index is 1080. The molecule has 0 saturated carbocycles. The van der Waals surface area contributed by atoms with Crippen LogP contribution in [0.1, 0.15) is 5.69 Å². The largest absolute Gasteiger partial charge is 0.301 e. The maximum atomic E-state index is 12.6. The maximum absolute atomic E-state index is 12.6. The summed E-state index contributed by atoms with van der Waals surface area (Å²) in [4.78, 5) is 21.8. The standard InChI is InChI=1S/C18H17ClN4O3S2/c1-12-17(15-5-3-4-10-20-15)27-18(21-12)22-16(24)11-23(2)28(25,26)14-8-6-13(19)7-9-14/h3-10H,11H2,1-2H3,(H,21,22,24). The highest BCUT2D eigenvalue weighted by Crippen LogP contribution is 2.31. The molecule has 0 atom stereocenters. The third-order valence-electron chi connectivity index (χ3n) is 3.83. The third-order valence-corrected chi connectivity index (χ3v) is 6.99. The number of amides is 1. The van der Waals surface area contributed by atoms with Crippen LogP contribution in [0, 0.1) is 6.92 Å². The second kappa shape index (κ2) is 8.36. The van der Waals surface area contributed by atoms with Gasteiger partial charge in [0.2, 0.25) is 15.9 Å². The third kappa shape index (κ3) is 4.56. The lowest BCUT2D eigenvalue weighted by Crippen LogP contribution is -2.34. The number of rotatable bonds is 6. The average Bonchev–Trinajstić information content (AvgIpc) is 3.02. The lowest BCUT2D eigenvalue weighted by molar-refractivity contribution is -0.116. The first-order valence-electron chi connectivity index (χ1n) is 8.18. The Labute approximate surface area is 172 Å². The van der Waals surface area contributed by atoms with E-state index < -0.39 is 15.9 Å². The minimum Gasteiger partial charge on any atom is -0.301 e. The Morgan fingerprint density at radius 3 is 2.57 bits per heavy atom. The Morgan fingerprint density at radius 1 is 1.21 bits per heavy atom. The van der Waals surface area contributed by atoms with Crippen molar-refractivity contribution in [3.05, 3.63) is 59.4 Å². The van der Waals surface area contributed by atoms with Gasteiger partial charge in [0.15, 0.2) is 5.13 Å². The molecule has 3 rings (SSSR count). The molecule has 10 heteroatoms. The number of likely N-dealkylation sites (N-methyl/N-ethyl adjacent to an activating group) is 1. The fraction of sp³-hybridized carbons (Fsp3) is 0.167. The van der Waals surface area contributed by atoms with Crippen molar-refractivity contribution in [3.63, 3.8) is 0 Å². The molecular formula is C18H17ClN4O3S2. The number of halogens is 1. The molecule has 0 saturated heterocycles. The Hall–Kier alpha value is -2.33. The first kappa shape index (κ1) is 20.4. The summed E-state index contributed by atoms with van der Waals surface area (Å²) in [7, 11) is -2.46. The number of aryl methyl sites for hydroxylation is 1. The Balaban J connectivity index is 1.69. The smallest absolute Gasteiger partial charge is 0.243 e. The van der Waals surface area contributed by atoms with Crippen LogP contribution in [0.25, 0.3) is 10.6 Å². The van der Waals surface area contributed by atoms with E-state index in [2.05, 4.69) is 15.3 Å². The molecule has 1 aromatic carbocycles. The van der Waals surface area contributed by atoms with Crippen molar-refractivity contribution in [2.45, 2.75) is 11.8 Å². The summed E-state index contributed by atoms with van der Waals surface area (Å²) < 4.78 is 26.1. The van der Waals surface area contributed by atoms with Gasteiger partial charge < -0.3 is 5.32 Å². The molecule has 0 aliphatic heterocycles. The van der Waals surface area contributed by atoms with Gasteiger partial charge in [-0.15, -0.1) is 0 Å². The number of thiazole rings is 1. The number of benzene rings is 1. The van der Waals surface area contributed by atoms with Gasteiger partial charge in [0.25, 0.3) is 0 Å². The molecule has 0 aliphatic rings. The number of aromatic nitrogens is 2. The quantitative estimate of drug-likeness (QED) is 0.639. The molecule has 2 heterocycles. The normalized spacial score (nSPS) is 11.6. The summed E-state index contributed by atoms with van der Waals surface area (Å²) in [6.07, 6.45) is 1.68. The van der Waals surface area contributed by atoms with Crippen LogP contribution in [0.5, 0.6) is 0 Å². The molecule has 28 heavy (non-hydrogen) atoms. The van der Waals surface area contributed by atoms with Gasteiger partial charge in [-0.1, -0.05) is 29.0 Å². The predicted octanol–water partition coefficient (Wildman–Crippen LogP) is 3.43. The zero-order valence-corrected chi connectivity index (χ0v) is 17.5. The maximum Gasteiger partial charge on any atom is 0.243 e. The van der Waals surface area contributed by atoms with Gasteiger partial charge in [0.05, 0.1) is 27.7 Å². The van der Waals surface area contributed by atoms with Crippen molar-refractivity contribution >= 4 is 44.0 Å². The van der Waals surface area contributed by atoms with Gasteiger partial charge in [-0.05, 0) is 43.3 Å². The van der Waals surface area contributed by atoms with Crippen LogP contribution in [0.4, 0.5) is 5.13 Å². The lowest BCUT2D eigenvalue weighted by Gasteiger charge is -2.16. The van der Waals surface area contributed by atoms with Crippen molar-refractivity contribution in [2.75, 3.05) is 18.9 Å². The van der Waals surface area contributed by atoms with Crippen LogP contribution >= 0.6 is 22.9 Å². The van der Waals surface area contributed by atoms with Gasteiger partial charge in [-0.25, -0.2) is 13.4 Å². The molecule has 0 radical (unpaired) electrons. The number of hydrogen-bond acceptors (Lipinski definition) is 6. The number of sulfonamides is 1. The monoisotopic (exact) mass is 436 g/mol. The van der Waals surface area contributed by atoms with Gasteiger partial charge in [-0.2, -0.15) is 4.31 Å². The highest BCUT2D eigenvalue weighted by atomic mass is 35.5. The van der Waals surface area contributed by atoms with Crippen molar-refractivity contribution in [1.29, 1.82) is 0 Å². The average molecular weight is 437 g/mol. The number of nitrogens with zero attached hydrogens (tertiary/aromatic N) is 3. The number of carbonyl (C=O) groups excluding carboxylic acids is 1. The lowest BCUT2D eigenvalue weighted by atomic mass is 10.3. The zero-order valence-electron chi connectivity index (χ0n) is 15.1. The summed E-state index contributed by atoms with van der Waals surface area (Å²) in [6.45, 7) is 1.48. The predicted molar refractivity (Wildman–Crippen MR) is 110 cm³/mol. The van der Waals surface area contributed by atoms with Gasteiger partial charge >= 0.3 is 0 Å². The summed E-state index contributed by atoms with van der Waals surface area (Å²) in [5.41, 5.74) is 1.50. The topological polar surface area (TPSA) is 92.3 Å². The fourth-order valence-electron chi connectivity index (χ4n) is 2.42. The summed E-state index contributed by atoms with van der Waals surface area (Å²) in [6, 6.07) is 11.3. The van der Waals surface area contributed by atoms with E-state index in [0.29, 0.717) is 10.2 Å². The van der Waals surface area contributed by atoms with Crippen molar-refractivity contribution in [2.24, 2.45) is 0 Å². The number of nitrogens with one attached hydrogen (secondary N) is 1. The van der Waals surface area contributed by atoms with E-state index in [0.717, 1.165) is 20.6 Å². The highest BCUT2D eigenvalue weighted by Gasteiger charge is 2.23. The van der Waals surface area contributed by atoms with Gasteiger partial charge in [0, 0.05) is 18.3 Å².